The Morgan fingerprint density at radius 2 is 1.85 bits per heavy atom. The van der Waals surface area contributed by atoms with Gasteiger partial charge in [-0.25, -0.2) is 8.42 Å². The first-order valence-electron chi connectivity index (χ1n) is 8.42. The number of ether oxygens (including phenoxy) is 1. The number of sulfonamides is 1. The van der Waals surface area contributed by atoms with E-state index in [1.807, 2.05) is 12.1 Å². The number of nitrogens with zero attached hydrogens (tertiary/aromatic N) is 1. The van der Waals surface area contributed by atoms with E-state index in [-0.39, 0.29) is 24.0 Å². The maximum atomic E-state index is 12.6. The molecule has 26 heavy (non-hydrogen) atoms. The number of morpholine rings is 1. The van der Waals surface area contributed by atoms with E-state index in [9.17, 15) is 13.2 Å². The Hall–Kier alpha value is -2.16. The number of carbonyl (C=O) groups is 1. The summed E-state index contributed by atoms with van der Waals surface area (Å²) in [7, 11) is -3.43. The molecule has 1 saturated heterocycles. The summed E-state index contributed by atoms with van der Waals surface area (Å²) in [5, 5.41) is 2.79. The van der Waals surface area contributed by atoms with Crippen LogP contribution < -0.4 is 5.32 Å². The van der Waals surface area contributed by atoms with Crippen LogP contribution in [-0.4, -0.2) is 44.9 Å². The second-order valence-corrected chi connectivity index (χ2v) is 8.12. The number of furan rings is 1. The highest BCUT2D eigenvalue weighted by molar-refractivity contribution is 7.88. The number of carbonyl (C=O) groups excluding carboxylic acids is 1. The first kappa shape index (κ1) is 18.6. The third-order valence-electron chi connectivity index (χ3n) is 4.33. The predicted octanol–water partition coefficient (Wildman–Crippen LogP) is 1.68. The van der Waals surface area contributed by atoms with E-state index in [4.69, 9.17) is 9.15 Å². The highest BCUT2D eigenvalue weighted by atomic mass is 32.2. The molecule has 1 N–H and O–H groups in total. The molecule has 3 rings (SSSR count). The molecule has 1 aliphatic rings. The average molecular weight is 378 g/mol. The lowest BCUT2D eigenvalue weighted by atomic mass is 10.1. The number of aryl methyl sites for hydroxylation is 1. The molecule has 1 aliphatic heterocycles. The number of rotatable bonds is 6. The van der Waals surface area contributed by atoms with Gasteiger partial charge in [0.05, 0.1) is 25.2 Å². The van der Waals surface area contributed by atoms with Gasteiger partial charge in [0, 0.05) is 25.2 Å². The second kappa shape index (κ2) is 8.03. The topological polar surface area (TPSA) is 88.8 Å². The minimum Gasteiger partial charge on any atom is -0.459 e. The zero-order valence-corrected chi connectivity index (χ0v) is 15.4. The van der Waals surface area contributed by atoms with Crippen LogP contribution in [0.25, 0.3) is 0 Å². The molecule has 7 nitrogen and oxygen atoms in total. The molecule has 1 fully saturated rings. The molecule has 2 aromatic rings. The SMILES string of the molecule is Cc1ccoc1C(=O)NCc1ccccc1CS(=O)(=O)N1CCOCC1. The molecular weight excluding hydrogens is 356 g/mol. The van der Waals surface area contributed by atoms with Gasteiger partial charge in [-0.3, -0.25) is 4.79 Å². The Morgan fingerprint density at radius 3 is 2.50 bits per heavy atom. The van der Waals surface area contributed by atoms with E-state index in [1.54, 1.807) is 25.1 Å². The lowest BCUT2D eigenvalue weighted by Crippen LogP contribution is -2.41. The van der Waals surface area contributed by atoms with Gasteiger partial charge in [0.15, 0.2) is 5.76 Å². The maximum Gasteiger partial charge on any atom is 0.287 e. The van der Waals surface area contributed by atoms with Crippen molar-refractivity contribution in [2.75, 3.05) is 26.3 Å². The molecular formula is C18H22N2O5S. The molecule has 1 aromatic carbocycles. The van der Waals surface area contributed by atoms with Crippen molar-refractivity contribution in [2.45, 2.75) is 19.2 Å². The van der Waals surface area contributed by atoms with Crippen molar-refractivity contribution in [3.05, 3.63) is 59.0 Å². The zero-order valence-electron chi connectivity index (χ0n) is 14.6. The van der Waals surface area contributed by atoms with Crippen LogP contribution in [0.1, 0.15) is 27.2 Å². The lowest BCUT2D eigenvalue weighted by Gasteiger charge is -2.26. The van der Waals surface area contributed by atoms with Crippen LogP contribution in [0.15, 0.2) is 41.0 Å². The Balaban J connectivity index is 1.70. The first-order valence-corrected chi connectivity index (χ1v) is 10.0. The van der Waals surface area contributed by atoms with Gasteiger partial charge >= 0.3 is 0 Å². The highest BCUT2D eigenvalue weighted by Gasteiger charge is 2.25. The van der Waals surface area contributed by atoms with Crippen LogP contribution in [0.3, 0.4) is 0 Å². The highest BCUT2D eigenvalue weighted by Crippen LogP contribution is 2.17. The molecule has 1 aromatic heterocycles. The van der Waals surface area contributed by atoms with Gasteiger partial charge in [0.1, 0.15) is 0 Å². The molecule has 0 atom stereocenters. The van der Waals surface area contributed by atoms with Gasteiger partial charge in [0.25, 0.3) is 5.91 Å². The van der Waals surface area contributed by atoms with E-state index < -0.39 is 10.0 Å². The molecule has 0 radical (unpaired) electrons. The molecule has 1 amide bonds. The maximum absolute atomic E-state index is 12.6. The van der Waals surface area contributed by atoms with Crippen LogP contribution in [0.4, 0.5) is 0 Å². The largest absolute Gasteiger partial charge is 0.459 e. The first-order chi connectivity index (χ1) is 12.5. The van der Waals surface area contributed by atoms with Crippen molar-refractivity contribution >= 4 is 15.9 Å². The van der Waals surface area contributed by atoms with Crippen molar-refractivity contribution in [2.24, 2.45) is 0 Å². The second-order valence-electron chi connectivity index (χ2n) is 6.15. The summed E-state index contributed by atoms with van der Waals surface area (Å²) in [5.74, 6) is -0.152. The molecule has 8 heteroatoms. The predicted molar refractivity (Wildman–Crippen MR) is 96.1 cm³/mol. The van der Waals surface area contributed by atoms with Crippen molar-refractivity contribution in [3.63, 3.8) is 0 Å². The van der Waals surface area contributed by atoms with Gasteiger partial charge in [-0.2, -0.15) is 4.31 Å². The molecule has 0 unspecified atom stereocenters. The zero-order chi connectivity index (χ0) is 18.6. The summed E-state index contributed by atoms with van der Waals surface area (Å²) in [6.45, 7) is 3.60. The van der Waals surface area contributed by atoms with E-state index in [1.165, 1.54) is 10.6 Å². The standard InChI is InChI=1S/C18H22N2O5S/c1-14-6-9-25-17(14)18(21)19-12-15-4-2-3-5-16(15)13-26(22,23)20-7-10-24-11-8-20/h2-6,9H,7-8,10-13H2,1H3,(H,19,21). The molecule has 140 valence electrons. The molecule has 0 aliphatic carbocycles. The van der Waals surface area contributed by atoms with E-state index in [0.29, 0.717) is 31.9 Å². The van der Waals surface area contributed by atoms with Crippen LogP contribution in [0, 0.1) is 6.92 Å². The van der Waals surface area contributed by atoms with Gasteiger partial charge in [-0.15, -0.1) is 0 Å². The summed E-state index contributed by atoms with van der Waals surface area (Å²) >= 11 is 0. The smallest absolute Gasteiger partial charge is 0.287 e. The number of amides is 1. The van der Waals surface area contributed by atoms with Gasteiger partial charge in [-0.05, 0) is 24.1 Å². The Bertz CT molecular complexity index is 869. The Kier molecular flexibility index (Phi) is 5.75. The fourth-order valence-electron chi connectivity index (χ4n) is 2.84. The third kappa shape index (κ3) is 4.32. The van der Waals surface area contributed by atoms with Crippen molar-refractivity contribution < 1.29 is 22.4 Å². The van der Waals surface area contributed by atoms with Gasteiger partial charge in [-0.1, -0.05) is 24.3 Å². The summed E-state index contributed by atoms with van der Waals surface area (Å²) in [6, 6.07) is 8.94. The Labute approximate surface area is 153 Å². The summed E-state index contributed by atoms with van der Waals surface area (Å²) in [6.07, 6.45) is 1.47. The minimum atomic E-state index is -3.43. The number of hydrogen-bond donors (Lipinski definition) is 1. The van der Waals surface area contributed by atoms with E-state index in [0.717, 1.165) is 11.1 Å². The number of nitrogens with one attached hydrogen (secondary N) is 1. The van der Waals surface area contributed by atoms with Gasteiger partial charge in [0.2, 0.25) is 10.0 Å². The van der Waals surface area contributed by atoms with E-state index >= 15 is 0 Å². The summed E-state index contributed by atoms with van der Waals surface area (Å²) in [5.41, 5.74) is 2.20. The minimum absolute atomic E-state index is 0.0984. The third-order valence-corrected chi connectivity index (χ3v) is 6.16. The Morgan fingerprint density at radius 1 is 1.15 bits per heavy atom. The van der Waals surface area contributed by atoms with Crippen LogP contribution in [0.2, 0.25) is 0 Å². The van der Waals surface area contributed by atoms with Crippen molar-refractivity contribution in [1.82, 2.24) is 9.62 Å². The number of benzene rings is 1. The molecule has 2 heterocycles. The fraction of sp³-hybridized carbons (Fsp3) is 0.389. The van der Waals surface area contributed by atoms with E-state index in [2.05, 4.69) is 5.32 Å². The summed E-state index contributed by atoms with van der Waals surface area (Å²) in [4.78, 5) is 12.2. The monoisotopic (exact) mass is 378 g/mol. The van der Waals surface area contributed by atoms with Crippen LogP contribution in [-0.2, 0) is 27.1 Å². The quantitative estimate of drug-likeness (QED) is 0.826. The molecule has 0 saturated carbocycles. The molecule has 0 bridgehead atoms. The van der Waals surface area contributed by atoms with Crippen molar-refractivity contribution in [3.8, 4) is 0 Å². The molecule has 0 spiro atoms. The van der Waals surface area contributed by atoms with Crippen LogP contribution in [0.5, 0.6) is 0 Å². The average Bonchev–Trinajstić information content (AvgIpc) is 3.07. The lowest BCUT2D eigenvalue weighted by molar-refractivity contribution is 0.0729. The number of hydrogen-bond acceptors (Lipinski definition) is 5. The normalized spacial score (nSPS) is 15.7. The summed E-state index contributed by atoms with van der Waals surface area (Å²) < 4.78 is 37.1. The van der Waals surface area contributed by atoms with Gasteiger partial charge < -0.3 is 14.5 Å². The van der Waals surface area contributed by atoms with Crippen molar-refractivity contribution in [1.29, 1.82) is 0 Å². The fourth-order valence-corrected chi connectivity index (χ4v) is 4.41. The van der Waals surface area contributed by atoms with Crippen LogP contribution >= 0.6 is 0 Å².